The van der Waals surface area contributed by atoms with Gasteiger partial charge in [0.15, 0.2) is 6.61 Å². The van der Waals surface area contributed by atoms with Crippen molar-refractivity contribution in [2.75, 3.05) is 18.5 Å². The minimum atomic E-state index is -0.681. The van der Waals surface area contributed by atoms with Crippen molar-refractivity contribution in [2.45, 2.75) is 13.8 Å². The van der Waals surface area contributed by atoms with Crippen LogP contribution >= 0.6 is 0 Å². The van der Waals surface area contributed by atoms with E-state index in [1.807, 2.05) is 32.0 Å². The number of carbonyl (C=O) groups is 3. The molecule has 0 radical (unpaired) electrons. The molecular weight excluding hydrogens is 320 g/mol. The summed E-state index contributed by atoms with van der Waals surface area (Å²) in [5, 5.41) is 5.08. The number of rotatable bonds is 6. The summed E-state index contributed by atoms with van der Waals surface area (Å²) in [5.74, 6) is -1.49. The van der Waals surface area contributed by atoms with Crippen LogP contribution in [0.25, 0.3) is 0 Å². The molecule has 2 amide bonds. The van der Waals surface area contributed by atoms with Crippen LogP contribution in [0.15, 0.2) is 48.5 Å². The number of hydrogen-bond acceptors (Lipinski definition) is 4. The summed E-state index contributed by atoms with van der Waals surface area (Å²) in [7, 11) is 0. The predicted molar refractivity (Wildman–Crippen MR) is 94.3 cm³/mol. The van der Waals surface area contributed by atoms with Crippen LogP contribution in [0.2, 0.25) is 0 Å². The molecule has 2 N–H and O–H groups in total. The summed E-state index contributed by atoms with van der Waals surface area (Å²) in [6, 6.07) is 14.3. The second-order valence-corrected chi connectivity index (χ2v) is 5.63. The molecular formula is C19H20N2O4. The zero-order valence-corrected chi connectivity index (χ0v) is 14.2. The average molecular weight is 340 g/mol. The number of esters is 1. The van der Waals surface area contributed by atoms with Crippen molar-refractivity contribution in [3.63, 3.8) is 0 Å². The third kappa shape index (κ3) is 6.10. The smallest absolute Gasteiger partial charge is 0.325 e. The molecule has 0 fully saturated rings. The van der Waals surface area contributed by atoms with Gasteiger partial charge in [0, 0.05) is 11.3 Å². The number of ether oxygens (including phenoxy) is 1. The molecule has 6 heteroatoms. The molecule has 0 heterocycles. The number of hydrogen-bond donors (Lipinski definition) is 2. The molecule has 25 heavy (non-hydrogen) atoms. The number of anilines is 1. The number of amides is 2. The fraction of sp³-hybridized carbons (Fsp3) is 0.211. The van der Waals surface area contributed by atoms with Gasteiger partial charge in [-0.05, 0) is 38.1 Å². The molecule has 2 aromatic carbocycles. The summed E-state index contributed by atoms with van der Waals surface area (Å²) in [6.07, 6.45) is 0. The van der Waals surface area contributed by atoms with Crippen molar-refractivity contribution >= 4 is 23.5 Å². The zero-order chi connectivity index (χ0) is 18.2. The first-order valence-corrected chi connectivity index (χ1v) is 7.81. The van der Waals surface area contributed by atoms with E-state index in [4.69, 9.17) is 4.74 Å². The molecule has 0 spiro atoms. The van der Waals surface area contributed by atoms with Crippen molar-refractivity contribution in [3.05, 3.63) is 65.2 Å². The first kappa shape index (κ1) is 18.2. The monoisotopic (exact) mass is 340 g/mol. The van der Waals surface area contributed by atoms with E-state index in [1.165, 1.54) is 0 Å². The lowest BCUT2D eigenvalue weighted by atomic mass is 10.1. The highest BCUT2D eigenvalue weighted by Gasteiger charge is 2.11. The Morgan fingerprint density at radius 3 is 2.36 bits per heavy atom. The van der Waals surface area contributed by atoms with Crippen LogP contribution in [0.3, 0.4) is 0 Å². The summed E-state index contributed by atoms with van der Waals surface area (Å²) >= 11 is 0. The van der Waals surface area contributed by atoms with E-state index in [2.05, 4.69) is 10.6 Å². The van der Waals surface area contributed by atoms with E-state index in [9.17, 15) is 14.4 Å². The highest BCUT2D eigenvalue weighted by Crippen LogP contribution is 2.08. The van der Waals surface area contributed by atoms with Gasteiger partial charge in [0.05, 0.1) is 0 Å². The van der Waals surface area contributed by atoms with Crippen LogP contribution in [0, 0.1) is 13.8 Å². The van der Waals surface area contributed by atoms with E-state index in [0.29, 0.717) is 11.3 Å². The molecule has 0 atom stereocenters. The number of aryl methyl sites for hydroxylation is 2. The first-order valence-electron chi connectivity index (χ1n) is 7.81. The highest BCUT2D eigenvalue weighted by atomic mass is 16.5. The Labute approximate surface area is 146 Å². The van der Waals surface area contributed by atoms with Crippen molar-refractivity contribution in [1.82, 2.24) is 5.32 Å². The molecule has 0 aliphatic heterocycles. The maximum absolute atomic E-state index is 11.9. The summed E-state index contributed by atoms with van der Waals surface area (Å²) in [6.45, 7) is 3.10. The third-order valence-electron chi connectivity index (χ3n) is 3.37. The van der Waals surface area contributed by atoms with Crippen LogP contribution in [0.5, 0.6) is 0 Å². The van der Waals surface area contributed by atoms with Crippen molar-refractivity contribution in [2.24, 2.45) is 0 Å². The van der Waals surface area contributed by atoms with Crippen LogP contribution in [-0.2, 0) is 14.3 Å². The van der Waals surface area contributed by atoms with E-state index in [0.717, 1.165) is 11.1 Å². The molecule has 0 aromatic heterocycles. The Kier molecular flexibility index (Phi) is 6.28. The van der Waals surface area contributed by atoms with E-state index >= 15 is 0 Å². The third-order valence-corrected chi connectivity index (χ3v) is 3.37. The number of nitrogens with one attached hydrogen (secondary N) is 2. The van der Waals surface area contributed by atoms with Gasteiger partial charge in [-0.1, -0.05) is 35.4 Å². The molecule has 0 bridgehead atoms. The van der Waals surface area contributed by atoms with Gasteiger partial charge < -0.3 is 15.4 Å². The largest absolute Gasteiger partial charge is 0.454 e. The van der Waals surface area contributed by atoms with Gasteiger partial charge in [0.2, 0.25) is 0 Å². The predicted octanol–water partition coefficient (Wildman–Crippen LogP) is 2.22. The van der Waals surface area contributed by atoms with Crippen LogP contribution in [0.1, 0.15) is 21.5 Å². The van der Waals surface area contributed by atoms with Gasteiger partial charge in [-0.25, -0.2) is 0 Å². The normalized spacial score (nSPS) is 10.0. The lowest BCUT2D eigenvalue weighted by Gasteiger charge is -2.08. The lowest BCUT2D eigenvalue weighted by molar-refractivity contribution is -0.146. The molecule has 2 rings (SSSR count). The molecule has 0 aliphatic carbocycles. The second-order valence-electron chi connectivity index (χ2n) is 5.63. The molecule has 0 saturated heterocycles. The number of benzene rings is 2. The Bertz CT molecular complexity index is 769. The van der Waals surface area contributed by atoms with Crippen molar-refractivity contribution < 1.29 is 19.1 Å². The standard InChI is InChI=1S/C19H20N2O4/c1-13-6-8-16(9-7-13)21-17(22)12-25-18(23)11-20-19(24)15-5-3-4-14(2)10-15/h3-10H,11-12H2,1-2H3,(H,20,24)(H,21,22). The Morgan fingerprint density at radius 1 is 0.960 bits per heavy atom. The Hall–Kier alpha value is -3.15. The Balaban J connectivity index is 1.72. The summed E-state index contributed by atoms with van der Waals surface area (Å²) < 4.78 is 4.84. The minimum absolute atomic E-state index is 0.301. The molecule has 2 aromatic rings. The summed E-state index contributed by atoms with van der Waals surface area (Å²) in [4.78, 5) is 35.3. The van der Waals surface area contributed by atoms with Gasteiger partial charge in [-0.2, -0.15) is 0 Å². The van der Waals surface area contributed by atoms with Gasteiger partial charge in [0.1, 0.15) is 6.54 Å². The van der Waals surface area contributed by atoms with Gasteiger partial charge >= 0.3 is 5.97 Å². The Morgan fingerprint density at radius 2 is 1.68 bits per heavy atom. The SMILES string of the molecule is Cc1ccc(NC(=O)COC(=O)CNC(=O)c2cccc(C)c2)cc1. The molecule has 0 aliphatic rings. The fourth-order valence-electron chi connectivity index (χ4n) is 2.07. The maximum Gasteiger partial charge on any atom is 0.325 e. The molecule has 0 unspecified atom stereocenters. The lowest BCUT2D eigenvalue weighted by Crippen LogP contribution is -2.32. The molecule has 130 valence electrons. The van der Waals surface area contributed by atoms with Crippen molar-refractivity contribution in [1.29, 1.82) is 0 Å². The van der Waals surface area contributed by atoms with Crippen molar-refractivity contribution in [3.8, 4) is 0 Å². The average Bonchev–Trinajstić information content (AvgIpc) is 2.60. The number of carbonyl (C=O) groups excluding carboxylic acids is 3. The minimum Gasteiger partial charge on any atom is -0.454 e. The zero-order valence-electron chi connectivity index (χ0n) is 14.2. The summed E-state index contributed by atoms with van der Waals surface area (Å²) in [5.41, 5.74) is 3.11. The molecule has 0 saturated carbocycles. The van der Waals surface area contributed by atoms with E-state index in [1.54, 1.807) is 30.3 Å². The van der Waals surface area contributed by atoms with E-state index in [-0.39, 0.29) is 12.5 Å². The van der Waals surface area contributed by atoms with E-state index < -0.39 is 18.5 Å². The van der Waals surface area contributed by atoms with Crippen LogP contribution < -0.4 is 10.6 Å². The topological polar surface area (TPSA) is 84.5 Å². The van der Waals surface area contributed by atoms with Gasteiger partial charge in [0.25, 0.3) is 11.8 Å². The second kappa shape index (κ2) is 8.63. The van der Waals surface area contributed by atoms with Gasteiger partial charge in [-0.3, -0.25) is 14.4 Å². The highest BCUT2D eigenvalue weighted by molar-refractivity contribution is 5.96. The maximum atomic E-state index is 11.9. The van der Waals surface area contributed by atoms with Gasteiger partial charge in [-0.15, -0.1) is 0 Å². The van der Waals surface area contributed by atoms with Crippen LogP contribution in [-0.4, -0.2) is 30.9 Å². The van der Waals surface area contributed by atoms with Crippen LogP contribution in [0.4, 0.5) is 5.69 Å². The fourth-order valence-corrected chi connectivity index (χ4v) is 2.07. The first-order chi connectivity index (χ1) is 11.9. The quantitative estimate of drug-likeness (QED) is 0.790. The molecule has 6 nitrogen and oxygen atoms in total.